The van der Waals surface area contributed by atoms with Crippen molar-refractivity contribution in [2.45, 2.75) is 43.9 Å². The summed E-state index contributed by atoms with van der Waals surface area (Å²) < 4.78 is 6.21. The second-order valence-corrected chi connectivity index (χ2v) is 6.10. The third-order valence-corrected chi connectivity index (χ3v) is 3.95. The van der Waals surface area contributed by atoms with E-state index in [2.05, 4.69) is 22.2 Å². The van der Waals surface area contributed by atoms with Crippen LogP contribution in [0.15, 0.2) is 29.7 Å². The van der Waals surface area contributed by atoms with Crippen molar-refractivity contribution >= 4 is 17.6 Å². The Morgan fingerprint density at radius 3 is 2.70 bits per heavy atom. The Morgan fingerprint density at radius 1 is 1.44 bits per heavy atom. The van der Waals surface area contributed by atoms with Crippen molar-refractivity contribution in [2.24, 2.45) is 0 Å². The molecule has 2 heterocycles. The van der Waals surface area contributed by atoms with Gasteiger partial charge in [-0.3, -0.25) is 14.2 Å². The number of aromatic nitrogens is 2. The topological polar surface area (TPSA) is 163 Å². The van der Waals surface area contributed by atoms with E-state index in [1.54, 1.807) is 6.92 Å². The number of ether oxygens (including phenoxy) is 1. The Morgan fingerprint density at radius 2 is 2.15 bits per heavy atom. The monoisotopic (exact) mass is 382 g/mol. The smallest absolute Gasteiger partial charge is 0.351 e. The van der Waals surface area contributed by atoms with Gasteiger partial charge in [0.05, 0.1) is 6.61 Å². The average Bonchev–Trinajstić information content (AvgIpc) is 2.89. The molecule has 0 saturated carbocycles. The molecule has 1 aliphatic heterocycles. The van der Waals surface area contributed by atoms with Crippen molar-refractivity contribution in [1.29, 1.82) is 0 Å². The second-order valence-electron chi connectivity index (χ2n) is 6.10. The van der Waals surface area contributed by atoms with Crippen LogP contribution in [0.2, 0.25) is 0 Å². The van der Waals surface area contributed by atoms with Gasteiger partial charge in [0.2, 0.25) is 11.8 Å². The number of rotatable bonds is 7. The zero-order valence-corrected chi connectivity index (χ0v) is 14.6. The van der Waals surface area contributed by atoms with Crippen LogP contribution in [0.4, 0.5) is 5.82 Å². The highest BCUT2D eigenvalue weighted by Crippen LogP contribution is 2.28. The fourth-order valence-electron chi connectivity index (χ4n) is 2.61. The van der Waals surface area contributed by atoms with Crippen LogP contribution >= 0.6 is 0 Å². The Balaban J connectivity index is 2.02. The number of amides is 2. The highest BCUT2D eigenvalue weighted by Gasteiger charge is 2.43. The van der Waals surface area contributed by atoms with E-state index in [1.807, 2.05) is 0 Å². The number of hydrogen-bond donors (Lipinski definition) is 5. The van der Waals surface area contributed by atoms with Crippen LogP contribution < -0.4 is 16.3 Å². The SMILES string of the molecule is C=CC(=O)NC(C)CC(=O)Nc1ccn([C@@H]2O[C@H](CO)[C@@H](O)[C@@H]2O)c(=O)n1. The van der Waals surface area contributed by atoms with Crippen molar-refractivity contribution < 1.29 is 29.6 Å². The van der Waals surface area contributed by atoms with Crippen LogP contribution in [0.5, 0.6) is 0 Å². The summed E-state index contributed by atoms with van der Waals surface area (Å²) in [5.41, 5.74) is -0.823. The third-order valence-electron chi connectivity index (χ3n) is 3.95. The predicted octanol–water partition coefficient (Wildman–Crippen LogP) is -2.13. The number of carbonyl (C=O) groups excluding carboxylic acids is 2. The van der Waals surface area contributed by atoms with Gasteiger partial charge in [0.25, 0.3) is 0 Å². The summed E-state index contributed by atoms with van der Waals surface area (Å²) in [6.07, 6.45) is -2.71. The molecule has 1 saturated heterocycles. The van der Waals surface area contributed by atoms with Crippen LogP contribution in [0.25, 0.3) is 0 Å². The number of aliphatic hydroxyl groups excluding tert-OH is 3. The Hall–Kier alpha value is -2.60. The van der Waals surface area contributed by atoms with Crippen molar-refractivity contribution in [3.63, 3.8) is 0 Å². The van der Waals surface area contributed by atoms with Gasteiger partial charge in [0, 0.05) is 18.7 Å². The average molecular weight is 382 g/mol. The molecule has 2 amide bonds. The molecular formula is C16H22N4O7. The lowest BCUT2D eigenvalue weighted by Gasteiger charge is -2.17. The van der Waals surface area contributed by atoms with Gasteiger partial charge in [-0.2, -0.15) is 4.98 Å². The van der Waals surface area contributed by atoms with Gasteiger partial charge in [0.15, 0.2) is 6.23 Å². The van der Waals surface area contributed by atoms with Gasteiger partial charge in [0.1, 0.15) is 24.1 Å². The lowest BCUT2D eigenvalue weighted by Crippen LogP contribution is -2.36. The minimum Gasteiger partial charge on any atom is -0.394 e. The molecule has 2 rings (SSSR count). The van der Waals surface area contributed by atoms with Crippen LogP contribution in [0, 0.1) is 0 Å². The fourth-order valence-corrected chi connectivity index (χ4v) is 2.61. The highest BCUT2D eigenvalue weighted by molar-refractivity contribution is 5.91. The molecule has 1 fully saturated rings. The first-order valence-electron chi connectivity index (χ1n) is 8.21. The molecule has 0 radical (unpaired) electrons. The summed E-state index contributed by atoms with van der Waals surface area (Å²) >= 11 is 0. The Kier molecular flexibility index (Phi) is 6.80. The predicted molar refractivity (Wildman–Crippen MR) is 92.6 cm³/mol. The molecule has 1 aliphatic rings. The van der Waals surface area contributed by atoms with E-state index in [4.69, 9.17) is 9.84 Å². The first-order chi connectivity index (χ1) is 12.8. The molecule has 5 N–H and O–H groups in total. The van der Waals surface area contributed by atoms with E-state index in [9.17, 15) is 24.6 Å². The van der Waals surface area contributed by atoms with Crippen LogP contribution in [0.3, 0.4) is 0 Å². The maximum absolute atomic E-state index is 12.2. The molecule has 5 atom stereocenters. The van der Waals surface area contributed by atoms with E-state index >= 15 is 0 Å². The molecule has 0 aromatic carbocycles. The lowest BCUT2D eigenvalue weighted by molar-refractivity contribution is -0.118. The Labute approximate surface area is 154 Å². The molecule has 0 spiro atoms. The quantitative estimate of drug-likeness (QED) is 0.334. The molecule has 11 nitrogen and oxygen atoms in total. The molecule has 1 aromatic heterocycles. The molecule has 1 unspecified atom stereocenters. The molecule has 0 bridgehead atoms. The van der Waals surface area contributed by atoms with Crippen molar-refractivity contribution in [2.75, 3.05) is 11.9 Å². The fraction of sp³-hybridized carbons (Fsp3) is 0.500. The molecule has 0 aliphatic carbocycles. The first kappa shape index (κ1) is 20.7. The molecule has 148 valence electrons. The van der Waals surface area contributed by atoms with E-state index in [0.29, 0.717) is 0 Å². The van der Waals surface area contributed by atoms with Crippen LogP contribution in [0.1, 0.15) is 19.6 Å². The van der Waals surface area contributed by atoms with E-state index in [-0.39, 0.29) is 12.2 Å². The van der Waals surface area contributed by atoms with Crippen molar-refractivity contribution in [3.05, 3.63) is 35.4 Å². The minimum atomic E-state index is -1.42. The van der Waals surface area contributed by atoms with Crippen molar-refractivity contribution in [3.8, 4) is 0 Å². The molecular weight excluding hydrogens is 360 g/mol. The van der Waals surface area contributed by atoms with Gasteiger partial charge in [-0.1, -0.05) is 6.58 Å². The third kappa shape index (κ3) is 4.98. The van der Waals surface area contributed by atoms with Gasteiger partial charge in [-0.05, 0) is 19.1 Å². The number of aliphatic hydroxyl groups is 3. The minimum absolute atomic E-state index is 0.0183. The second kappa shape index (κ2) is 8.86. The summed E-state index contributed by atoms with van der Waals surface area (Å²) in [6, 6.07) is 0.871. The Bertz CT molecular complexity index is 765. The molecule has 11 heteroatoms. The molecule has 27 heavy (non-hydrogen) atoms. The maximum Gasteiger partial charge on any atom is 0.351 e. The normalized spacial score (nSPS) is 25.6. The zero-order chi connectivity index (χ0) is 20.1. The largest absolute Gasteiger partial charge is 0.394 e. The number of nitrogens with one attached hydrogen (secondary N) is 2. The number of nitrogens with zero attached hydrogens (tertiary/aromatic N) is 2. The summed E-state index contributed by atoms with van der Waals surface area (Å²) in [7, 11) is 0. The highest BCUT2D eigenvalue weighted by atomic mass is 16.6. The summed E-state index contributed by atoms with van der Waals surface area (Å²) in [4.78, 5) is 39.0. The number of anilines is 1. The maximum atomic E-state index is 12.2. The van der Waals surface area contributed by atoms with Gasteiger partial charge < -0.3 is 30.7 Å². The van der Waals surface area contributed by atoms with Crippen molar-refractivity contribution in [1.82, 2.24) is 14.9 Å². The standard InChI is InChI=1S/C16H22N4O7/c1-3-11(22)17-8(2)6-12(23)18-10-4-5-20(16(26)19-10)15-14(25)13(24)9(7-21)27-15/h3-5,8-9,13-15,21,24-25H,1,6-7H2,2H3,(H,17,22)(H,18,19,23,26)/t8?,9-,13-,14+,15-/m1/s1. The van der Waals surface area contributed by atoms with Crippen LogP contribution in [-0.4, -0.2) is 67.6 Å². The summed E-state index contributed by atoms with van der Waals surface area (Å²) in [6.45, 7) is 4.42. The van der Waals surface area contributed by atoms with E-state index in [1.165, 1.54) is 12.3 Å². The number of hydrogen-bond acceptors (Lipinski definition) is 8. The van der Waals surface area contributed by atoms with E-state index < -0.39 is 54.7 Å². The number of carbonyl (C=O) groups is 2. The van der Waals surface area contributed by atoms with Crippen LogP contribution in [-0.2, 0) is 14.3 Å². The van der Waals surface area contributed by atoms with Gasteiger partial charge >= 0.3 is 5.69 Å². The van der Waals surface area contributed by atoms with Gasteiger partial charge in [-0.15, -0.1) is 0 Å². The summed E-state index contributed by atoms with van der Waals surface area (Å²) in [5.74, 6) is -0.894. The van der Waals surface area contributed by atoms with Gasteiger partial charge in [-0.25, -0.2) is 4.79 Å². The zero-order valence-electron chi connectivity index (χ0n) is 14.6. The van der Waals surface area contributed by atoms with E-state index in [0.717, 1.165) is 10.6 Å². The first-order valence-corrected chi connectivity index (χ1v) is 8.21. The summed E-state index contributed by atoms with van der Waals surface area (Å²) in [5, 5.41) is 33.8. The lowest BCUT2D eigenvalue weighted by atomic mass is 10.1. The molecule has 1 aromatic rings.